The molecule has 36 heavy (non-hydrogen) atoms. The highest BCUT2D eigenvalue weighted by Gasteiger charge is 2.24. The summed E-state index contributed by atoms with van der Waals surface area (Å²) in [6, 6.07) is 0. The van der Waals surface area contributed by atoms with Crippen molar-refractivity contribution in [2.24, 2.45) is 0 Å². The van der Waals surface area contributed by atoms with E-state index in [1.165, 1.54) is 0 Å². The molecule has 0 spiro atoms. The van der Waals surface area contributed by atoms with Crippen molar-refractivity contribution in [3.63, 3.8) is 0 Å². The van der Waals surface area contributed by atoms with E-state index in [4.69, 9.17) is 25.0 Å². The van der Waals surface area contributed by atoms with Gasteiger partial charge in [-0.15, -0.1) is 0 Å². The molecule has 0 aliphatic carbocycles. The van der Waals surface area contributed by atoms with Crippen molar-refractivity contribution in [1.29, 1.82) is 0 Å². The van der Waals surface area contributed by atoms with Gasteiger partial charge in [0.2, 0.25) is 12.7 Å². The van der Waals surface area contributed by atoms with Crippen molar-refractivity contribution in [1.82, 2.24) is 9.13 Å². The molecule has 0 aliphatic heterocycles. The number of aliphatic carboxylic acids is 2. The average Bonchev–Trinajstić information content (AvgIpc) is 3.35. The summed E-state index contributed by atoms with van der Waals surface area (Å²) in [5.41, 5.74) is 0. The standard InChI is InChI=1S/2C8H15N2O2.C4H6O7S/c2*1-8(12)6-10-3-2-9(7-10)4-5-11;5-3(6)1-2(4(7)8)12(9,10)11/h2*2-3,7-8,11-12H,4-6H2,1H3;2H,1H2,(H,5,6)(H,7,8)(H,9,10,11)/q2*+1;/p-2. The lowest BCUT2D eigenvalue weighted by molar-refractivity contribution is -0.702. The largest absolute Gasteiger partial charge is 0.550 e. The Morgan fingerprint density at radius 1 is 0.889 bits per heavy atom. The molecule has 15 nitrogen and oxygen atoms in total. The summed E-state index contributed by atoms with van der Waals surface area (Å²) < 4.78 is 36.0. The van der Waals surface area contributed by atoms with Crippen molar-refractivity contribution in [2.45, 2.75) is 63.9 Å². The van der Waals surface area contributed by atoms with Gasteiger partial charge in [0.25, 0.3) is 10.1 Å². The van der Waals surface area contributed by atoms with Crippen LogP contribution in [0.2, 0.25) is 0 Å². The maximum Gasteiger partial charge on any atom is 0.273 e. The lowest BCUT2D eigenvalue weighted by Gasteiger charge is -2.14. The zero-order valence-corrected chi connectivity index (χ0v) is 20.8. The smallest absolute Gasteiger partial charge is 0.273 e. The number of aliphatic hydroxyl groups is 4. The minimum Gasteiger partial charge on any atom is -0.550 e. The summed E-state index contributed by atoms with van der Waals surface area (Å²) in [6.07, 6.45) is 9.23. The Hall–Kier alpha value is -2.89. The van der Waals surface area contributed by atoms with Crippen LogP contribution in [0.4, 0.5) is 0 Å². The first-order valence-corrected chi connectivity index (χ1v) is 12.2. The van der Waals surface area contributed by atoms with E-state index >= 15 is 0 Å². The van der Waals surface area contributed by atoms with E-state index < -0.39 is 33.7 Å². The number of hydrogen-bond acceptors (Lipinski definition) is 10. The highest BCUT2D eigenvalue weighted by atomic mass is 32.2. The van der Waals surface area contributed by atoms with Crippen LogP contribution in [-0.4, -0.2) is 85.1 Å². The molecule has 0 saturated carbocycles. The van der Waals surface area contributed by atoms with Crippen molar-refractivity contribution >= 4 is 22.1 Å². The fourth-order valence-electron chi connectivity index (χ4n) is 2.66. The molecule has 2 aromatic heterocycles. The van der Waals surface area contributed by atoms with Gasteiger partial charge in [0, 0.05) is 12.4 Å². The Balaban J connectivity index is 0.000000510. The molecule has 206 valence electrons. The summed E-state index contributed by atoms with van der Waals surface area (Å²) in [5, 5.41) is 52.6. The molecule has 3 unspecified atom stereocenters. The van der Waals surface area contributed by atoms with E-state index in [-0.39, 0.29) is 25.4 Å². The molecule has 0 bridgehead atoms. The summed E-state index contributed by atoms with van der Waals surface area (Å²) in [5.74, 6) is -4.08. The molecular formula is C20H34N4O11S. The predicted molar refractivity (Wildman–Crippen MR) is 117 cm³/mol. The van der Waals surface area contributed by atoms with Crippen LogP contribution in [0, 0.1) is 0 Å². The van der Waals surface area contributed by atoms with E-state index in [2.05, 4.69) is 0 Å². The zero-order valence-electron chi connectivity index (χ0n) is 20.0. The molecule has 0 aliphatic rings. The highest BCUT2D eigenvalue weighted by Crippen LogP contribution is 2.01. The Labute approximate surface area is 208 Å². The minimum atomic E-state index is -4.94. The molecule has 0 aromatic carbocycles. The number of carbonyl (C=O) groups is 2. The van der Waals surface area contributed by atoms with Gasteiger partial charge in [0.15, 0.2) is 0 Å². The highest BCUT2D eigenvalue weighted by molar-refractivity contribution is 7.87. The lowest BCUT2D eigenvalue weighted by Crippen LogP contribution is -2.44. The van der Waals surface area contributed by atoms with E-state index in [9.17, 15) is 28.2 Å². The normalized spacial score (nSPS) is 13.4. The van der Waals surface area contributed by atoms with Crippen LogP contribution in [0.15, 0.2) is 37.4 Å². The summed E-state index contributed by atoms with van der Waals surface area (Å²) in [6.45, 7) is 6.18. The van der Waals surface area contributed by atoms with Gasteiger partial charge in [-0.3, -0.25) is 4.55 Å². The number of imidazole rings is 2. The Bertz CT molecular complexity index is 968. The van der Waals surface area contributed by atoms with E-state index in [0.29, 0.717) is 26.2 Å². The second-order valence-corrected chi connectivity index (χ2v) is 9.34. The number of aromatic nitrogens is 4. The third-order valence-electron chi connectivity index (χ3n) is 4.13. The molecular weight excluding hydrogens is 504 g/mol. The number of rotatable bonds is 12. The summed E-state index contributed by atoms with van der Waals surface area (Å²) >= 11 is 0. The van der Waals surface area contributed by atoms with Gasteiger partial charge in [-0.2, -0.15) is 8.42 Å². The zero-order chi connectivity index (χ0) is 27.9. The van der Waals surface area contributed by atoms with Crippen LogP contribution in [0.1, 0.15) is 20.3 Å². The van der Waals surface area contributed by atoms with Gasteiger partial charge in [-0.25, -0.2) is 18.3 Å². The topological polar surface area (TPSA) is 233 Å². The van der Waals surface area contributed by atoms with Gasteiger partial charge >= 0.3 is 0 Å². The molecule has 5 N–H and O–H groups in total. The van der Waals surface area contributed by atoms with Crippen molar-refractivity contribution in [3.05, 3.63) is 37.4 Å². The molecule has 0 fully saturated rings. The number of hydrogen-bond donors (Lipinski definition) is 5. The lowest BCUT2D eigenvalue weighted by atomic mass is 10.3. The molecule has 2 heterocycles. The van der Waals surface area contributed by atoms with Crippen LogP contribution < -0.4 is 19.3 Å². The third kappa shape index (κ3) is 15.2. The summed E-state index contributed by atoms with van der Waals surface area (Å²) in [4.78, 5) is 19.7. The molecule has 0 saturated heterocycles. The molecule has 16 heteroatoms. The van der Waals surface area contributed by atoms with Crippen LogP contribution >= 0.6 is 0 Å². The predicted octanol–water partition coefficient (Wildman–Crippen LogP) is -5.57. The second-order valence-electron chi connectivity index (χ2n) is 7.74. The van der Waals surface area contributed by atoms with E-state index in [1.807, 2.05) is 55.7 Å². The van der Waals surface area contributed by atoms with Crippen molar-refractivity contribution in [3.8, 4) is 0 Å². The fourth-order valence-corrected chi connectivity index (χ4v) is 3.25. The van der Waals surface area contributed by atoms with Gasteiger partial charge in [-0.1, -0.05) is 0 Å². The van der Waals surface area contributed by atoms with Gasteiger partial charge < -0.3 is 40.2 Å². The minimum absolute atomic E-state index is 0.142. The Morgan fingerprint density at radius 3 is 1.50 bits per heavy atom. The fraction of sp³-hybridized carbons (Fsp3) is 0.600. The van der Waals surface area contributed by atoms with Crippen LogP contribution in [0.5, 0.6) is 0 Å². The summed E-state index contributed by atoms with van der Waals surface area (Å²) in [7, 11) is -4.94. The van der Waals surface area contributed by atoms with Crippen LogP contribution in [0.25, 0.3) is 0 Å². The monoisotopic (exact) mass is 538 g/mol. The number of carbonyl (C=O) groups excluding carboxylic acids is 2. The Morgan fingerprint density at radius 2 is 1.28 bits per heavy atom. The molecule has 2 rings (SSSR count). The second kappa shape index (κ2) is 16.7. The third-order valence-corrected chi connectivity index (χ3v) is 5.21. The van der Waals surface area contributed by atoms with Gasteiger partial charge in [0.05, 0.1) is 31.4 Å². The van der Waals surface area contributed by atoms with Crippen LogP contribution in [0.3, 0.4) is 0 Å². The maximum atomic E-state index is 10.2. The number of nitrogens with zero attached hydrogens (tertiary/aromatic N) is 4. The average molecular weight is 539 g/mol. The first-order chi connectivity index (χ1) is 16.7. The van der Waals surface area contributed by atoms with Gasteiger partial charge in [0.1, 0.15) is 56.2 Å². The number of carboxylic acid groups (broad SMARTS) is 2. The number of carboxylic acids is 2. The molecule has 0 radical (unpaired) electrons. The molecule has 0 amide bonds. The Kier molecular flexibility index (Phi) is 15.4. The van der Waals surface area contributed by atoms with Crippen molar-refractivity contribution in [2.75, 3.05) is 13.2 Å². The quantitative estimate of drug-likeness (QED) is 0.126. The number of aliphatic hydroxyl groups excluding tert-OH is 4. The van der Waals surface area contributed by atoms with Gasteiger partial charge in [-0.05, 0) is 13.8 Å². The first kappa shape index (κ1) is 33.1. The maximum absolute atomic E-state index is 10.2. The van der Waals surface area contributed by atoms with Crippen molar-refractivity contribution < 1.29 is 62.3 Å². The molecule has 3 atom stereocenters. The SMILES string of the molecule is CC(O)C[n+]1ccn(CCO)c1.CC(O)C[n+]1ccn(CCO)c1.O=C([O-])CC(C(=O)[O-])S(=O)(=O)O. The van der Waals surface area contributed by atoms with Crippen LogP contribution in [-0.2, 0) is 45.9 Å². The van der Waals surface area contributed by atoms with E-state index in [1.54, 1.807) is 13.8 Å². The molecule has 2 aromatic rings. The van der Waals surface area contributed by atoms with E-state index in [0.717, 1.165) is 0 Å². The first-order valence-electron chi connectivity index (χ1n) is 10.7.